The molecular formula is C47H30Cl2N6O5. The second-order valence-corrected chi connectivity index (χ2v) is 14.6. The molecule has 0 spiro atoms. The van der Waals surface area contributed by atoms with Gasteiger partial charge in [0.05, 0.1) is 38.4 Å². The van der Waals surface area contributed by atoms with E-state index in [-0.39, 0.29) is 40.8 Å². The number of phenols is 2. The van der Waals surface area contributed by atoms with Gasteiger partial charge in [-0.15, -0.1) is 10.2 Å². The highest BCUT2D eigenvalue weighted by atomic mass is 35.5. The summed E-state index contributed by atoms with van der Waals surface area (Å²) in [5, 5.41) is 46.8. The zero-order chi connectivity index (χ0) is 41.3. The fourth-order valence-electron chi connectivity index (χ4n) is 7.06. The Morgan fingerprint density at radius 3 is 1.68 bits per heavy atom. The lowest BCUT2D eigenvalue weighted by Crippen LogP contribution is -2.12. The number of phenolic OH excluding ortho intramolecular Hbond substituents is 2. The number of halogens is 2. The van der Waals surface area contributed by atoms with Crippen LogP contribution in [0.3, 0.4) is 0 Å². The monoisotopic (exact) mass is 828 g/mol. The maximum absolute atomic E-state index is 13.9. The summed E-state index contributed by atoms with van der Waals surface area (Å²) < 4.78 is 0. The summed E-state index contributed by atoms with van der Waals surface area (Å²) in [6, 6.07) is 42.4. The van der Waals surface area contributed by atoms with E-state index in [0.717, 1.165) is 10.9 Å². The third-order valence-electron chi connectivity index (χ3n) is 10.0. The van der Waals surface area contributed by atoms with Crippen molar-refractivity contribution in [3.63, 3.8) is 0 Å². The van der Waals surface area contributed by atoms with Gasteiger partial charge in [0, 0.05) is 27.5 Å². The van der Waals surface area contributed by atoms with Crippen LogP contribution < -0.4 is 10.8 Å². The number of fused-ring (bicyclic) bond motifs is 5. The number of hydrogen-bond donors (Lipinski definition) is 4. The molecule has 0 unspecified atom stereocenters. The number of azo groups is 2. The van der Waals surface area contributed by atoms with Gasteiger partial charge in [-0.3, -0.25) is 19.9 Å². The fourth-order valence-corrected chi connectivity index (χ4v) is 7.42. The van der Waals surface area contributed by atoms with Crippen molar-refractivity contribution in [2.75, 3.05) is 10.8 Å². The van der Waals surface area contributed by atoms with Crippen LogP contribution in [0, 0.1) is 0 Å². The smallest absolute Gasteiger partial charge is 0.259 e. The molecular weight excluding hydrogens is 799 g/mol. The van der Waals surface area contributed by atoms with Gasteiger partial charge >= 0.3 is 0 Å². The molecule has 0 fully saturated rings. The second kappa shape index (κ2) is 16.1. The van der Waals surface area contributed by atoms with E-state index in [1.165, 1.54) is 0 Å². The molecule has 0 atom stereocenters. The number of ketones is 1. The molecule has 0 radical (unpaired) electrons. The van der Waals surface area contributed by atoms with Crippen molar-refractivity contribution < 1.29 is 24.6 Å². The highest BCUT2D eigenvalue weighted by molar-refractivity contribution is 6.34. The average Bonchev–Trinajstić information content (AvgIpc) is 3.54. The molecule has 0 saturated heterocycles. The SMILES string of the molecule is O=C1c2cc(N=Nc3c(O)c(CONc4ccccc4Cl)cc4ccccc34)ccc2-c2ccc(N=Nc3c(O)c(C(=O)Nc4ccccc4Cl)cc4ccccc34)cc21. The lowest BCUT2D eigenvalue weighted by molar-refractivity contribution is 0.102. The largest absolute Gasteiger partial charge is 0.505 e. The van der Waals surface area contributed by atoms with Crippen molar-refractivity contribution in [2.45, 2.75) is 6.61 Å². The first-order valence-corrected chi connectivity index (χ1v) is 19.3. The number of nitrogens with one attached hydrogen (secondary N) is 2. The van der Waals surface area contributed by atoms with Gasteiger partial charge in [-0.25, -0.2) is 0 Å². The molecule has 292 valence electrons. The summed E-state index contributed by atoms with van der Waals surface area (Å²) in [4.78, 5) is 32.9. The van der Waals surface area contributed by atoms with Gasteiger partial charge in [-0.1, -0.05) is 108 Å². The summed E-state index contributed by atoms with van der Waals surface area (Å²) in [6.45, 7) is 0.00331. The van der Waals surface area contributed by atoms with Crippen molar-refractivity contribution in [1.29, 1.82) is 0 Å². The molecule has 0 heterocycles. The summed E-state index contributed by atoms with van der Waals surface area (Å²) in [5.41, 5.74) is 7.65. The first-order chi connectivity index (χ1) is 29.2. The Morgan fingerprint density at radius 2 is 1.08 bits per heavy atom. The van der Waals surface area contributed by atoms with Crippen LogP contribution in [-0.4, -0.2) is 21.9 Å². The molecule has 0 saturated carbocycles. The molecule has 8 aromatic rings. The fraction of sp³-hybridized carbons (Fsp3) is 0.0213. The Morgan fingerprint density at radius 1 is 0.567 bits per heavy atom. The summed E-state index contributed by atoms with van der Waals surface area (Å²) in [6.07, 6.45) is 0. The molecule has 60 heavy (non-hydrogen) atoms. The number of carbonyl (C=O) groups is 2. The van der Waals surface area contributed by atoms with E-state index in [2.05, 4.69) is 31.3 Å². The molecule has 1 aliphatic carbocycles. The van der Waals surface area contributed by atoms with E-state index in [1.54, 1.807) is 97.1 Å². The average molecular weight is 830 g/mol. The number of carbonyl (C=O) groups excluding carboxylic acids is 2. The third kappa shape index (κ3) is 7.29. The van der Waals surface area contributed by atoms with Crippen LogP contribution in [0.1, 0.15) is 31.8 Å². The predicted molar refractivity (Wildman–Crippen MR) is 234 cm³/mol. The molecule has 4 N–H and O–H groups in total. The lowest BCUT2D eigenvalue weighted by atomic mass is 10.0. The second-order valence-electron chi connectivity index (χ2n) is 13.8. The standard InChI is InChI=1S/C47H30Cl2N6O5/c48-38-13-5-7-15-40(38)50-47(59)37-22-27-10-2-4-12-32(27)43(46(37)58)54-52-30-18-20-34-33-19-17-29(23-35(33)45(57)36(34)24-30)51-53-42-31-11-3-1-9-26(31)21-28(44(42)56)25-60-55-41-16-8-6-14-39(41)49/h1-24,55-56,58H,25H2,(H,50,59). The van der Waals surface area contributed by atoms with E-state index in [0.29, 0.717) is 71.2 Å². The zero-order valence-corrected chi connectivity index (χ0v) is 32.7. The van der Waals surface area contributed by atoms with Crippen molar-refractivity contribution in [3.8, 4) is 22.6 Å². The Labute approximate surface area is 352 Å². The zero-order valence-electron chi connectivity index (χ0n) is 31.2. The number of rotatable bonds is 10. The normalized spacial score (nSPS) is 12.1. The first-order valence-electron chi connectivity index (χ1n) is 18.6. The van der Waals surface area contributed by atoms with Crippen molar-refractivity contribution in [1.82, 2.24) is 0 Å². The highest BCUT2D eigenvalue weighted by Gasteiger charge is 2.28. The summed E-state index contributed by atoms with van der Waals surface area (Å²) in [5.74, 6) is -1.27. The number of para-hydroxylation sites is 2. The summed E-state index contributed by atoms with van der Waals surface area (Å²) in [7, 11) is 0. The van der Waals surface area contributed by atoms with E-state index in [1.807, 2.05) is 48.5 Å². The molecule has 0 bridgehead atoms. The number of nitrogens with zero attached hydrogens (tertiary/aromatic N) is 4. The highest BCUT2D eigenvalue weighted by Crippen LogP contribution is 2.44. The molecule has 11 nitrogen and oxygen atoms in total. The molecule has 1 aliphatic rings. The number of hydrogen-bond acceptors (Lipinski definition) is 10. The Balaban J connectivity index is 0.971. The van der Waals surface area contributed by atoms with Gasteiger partial charge in [0.15, 0.2) is 11.5 Å². The van der Waals surface area contributed by atoms with E-state index >= 15 is 0 Å². The minimum Gasteiger partial charge on any atom is -0.505 e. The molecule has 1 amide bonds. The van der Waals surface area contributed by atoms with Crippen LogP contribution in [-0.2, 0) is 11.4 Å². The Bertz CT molecular complexity index is 3120. The quantitative estimate of drug-likeness (QED) is 0.0794. The third-order valence-corrected chi connectivity index (χ3v) is 10.7. The van der Waals surface area contributed by atoms with Gasteiger partial charge in [-0.05, 0) is 82.6 Å². The van der Waals surface area contributed by atoms with Crippen molar-refractivity contribution in [3.05, 3.63) is 178 Å². The molecule has 8 aromatic carbocycles. The minimum absolute atomic E-state index is 0.00331. The number of aromatic hydroxyl groups is 2. The lowest BCUT2D eigenvalue weighted by Gasteiger charge is -2.12. The minimum atomic E-state index is -0.575. The number of anilines is 2. The van der Waals surface area contributed by atoms with E-state index in [9.17, 15) is 19.8 Å². The molecule has 9 rings (SSSR count). The first kappa shape index (κ1) is 38.1. The van der Waals surface area contributed by atoms with Crippen LogP contribution >= 0.6 is 23.2 Å². The van der Waals surface area contributed by atoms with Crippen molar-refractivity contribution in [2.24, 2.45) is 20.5 Å². The van der Waals surface area contributed by atoms with Crippen LogP contribution in [0.15, 0.2) is 166 Å². The van der Waals surface area contributed by atoms with Crippen molar-refractivity contribution >= 4 is 90.6 Å². The maximum atomic E-state index is 13.9. The molecule has 13 heteroatoms. The van der Waals surface area contributed by atoms with Gasteiger partial charge in [-0.2, -0.15) is 10.2 Å². The Hall–Kier alpha value is -7.44. The number of benzene rings is 8. The number of amides is 1. The molecule has 0 aromatic heterocycles. The topological polar surface area (TPSA) is 157 Å². The molecule has 0 aliphatic heterocycles. The van der Waals surface area contributed by atoms with Gasteiger partial charge in [0.1, 0.15) is 23.7 Å². The van der Waals surface area contributed by atoms with E-state index in [4.69, 9.17) is 28.0 Å². The van der Waals surface area contributed by atoms with Gasteiger partial charge in [0.25, 0.3) is 5.91 Å². The predicted octanol–water partition coefficient (Wildman–Crippen LogP) is 13.5. The van der Waals surface area contributed by atoms with Crippen LogP contribution in [0.4, 0.5) is 34.1 Å². The Kier molecular flexibility index (Phi) is 10.2. The van der Waals surface area contributed by atoms with Gasteiger partial charge < -0.3 is 15.5 Å². The van der Waals surface area contributed by atoms with E-state index < -0.39 is 5.91 Å². The maximum Gasteiger partial charge on any atom is 0.259 e. The van der Waals surface area contributed by atoms with Crippen LogP contribution in [0.2, 0.25) is 10.0 Å². The van der Waals surface area contributed by atoms with Crippen LogP contribution in [0.25, 0.3) is 32.7 Å². The summed E-state index contributed by atoms with van der Waals surface area (Å²) >= 11 is 12.5. The van der Waals surface area contributed by atoms with Gasteiger partial charge in [0.2, 0.25) is 0 Å². The van der Waals surface area contributed by atoms with Crippen LogP contribution in [0.5, 0.6) is 11.5 Å².